The quantitative estimate of drug-likeness (QED) is 0.319. The molecule has 0 amide bonds. The maximum atomic E-state index is 6.24. The number of benzene rings is 2. The summed E-state index contributed by atoms with van der Waals surface area (Å²) in [6, 6.07) is 18.5. The minimum Gasteiger partial charge on any atom is -0.326 e. The van der Waals surface area contributed by atoms with Crippen molar-refractivity contribution in [3.05, 3.63) is 69.7 Å². The topological polar surface area (TPSA) is 29.0 Å². The summed E-state index contributed by atoms with van der Waals surface area (Å²) < 4.78 is 1.06. The van der Waals surface area contributed by atoms with E-state index in [0.717, 1.165) is 43.9 Å². The molecule has 3 nitrogen and oxygen atoms in total. The van der Waals surface area contributed by atoms with Gasteiger partial charge in [-0.05, 0) is 48.4 Å². The molecular weight excluding hydrogens is 430 g/mol. The highest BCUT2D eigenvalue weighted by Crippen LogP contribution is 2.40. The molecule has 4 rings (SSSR count). The Morgan fingerprint density at radius 2 is 1.77 bits per heavy atom. The molecular formula is C20H15BrClN3S. The molecule has 0 saturated carbocycles. The second-order valence-electron chi connectivity index (χ2n) is 5.73. The first-order valence-corrected chi connectivity index (χ1v) is 10.3. The molecule has 0 unspecified atom stereocenters. The van der Waals surface area contributed by atoms with Crippen LogP contribution in [0.25, 0.3) is 21.3 Å². The highest BCUT2D eigenvalue weighted by molar-refractivity contribution is 9.10. The van der Waals surface area contributed by atoms with Gasteiger partial charge >= 0.3 is 0 Å². The number of hydrogen-bond acceptors (Lipinski definition) is 4. The van der Waals surface area contributed by atoms with Gasteiger partial charge in [0.1, 0.15) is 10.6 Å². The Hall–Kier alpha value is -1.95. The van der Waals surface area contributed by atoms with E-state index in [1.54, 1.807) is 11.3 Å². The van der Waals surface area contributed by atoms with Gasteiger partial charge in [0.25, 0.3) is 0 Å². The molecule has 4 aromatic rings. The number of aromatic nitrogens is 2. The van der Waals surface area contributed by atoms with Gasteiger partial charge in [-0.2, -0.15) is 4.98 Å². The molecule has 0 fully saturated rings. The van der Waals surface area contributed by atoms with Crippen LogP contribution in [0.1, 0.15) is 6.92 Å². The van der Waals surface area contributed by atoms with Crippen LogP contribution < -0.4 is 4.90 Å². The number of rotatable bonds is 4. The number of halogens is 2. The Kier molecular flexibility index (Phi) is 4.94. The Morgan fingerprint density at radius 3 is 2.46 bits per heavy atom. The van der Waals surface area contributed by atoms with Gasteiger partial charge < -0.3 is 4.90 Å². The van der Waals surface area contributed by atoms with Gasteiger partial charge in [-0.15, -0.1) is 11.3 Å². The average molecular weight is 445 g/mol. The monoisotopic (exact) mass is 443 g/mol. The van der Waals surface area contributed by atoms with Crippen molar-refractivity contribution in [3.63, 3.8) is 0 Å². The molecule has 0 aliphatic heterocycles. The Balaban J connectivity index is 1.96. The van der Waals surface area contributed by atoms with Crippen LogP contribution in [0, 0.1) is 0 Å². The molecule has 26 heavy (non-hydrogen) atoms. The molecule has 2 heterocycles. The predicted octanol–water partition coefficient (Wildman–Crippen LogP) is 6.93. The summed E-state index contributed by atoms with van der Waals surface area (Å²) >= 11 is 11.3. The van der Waals surface area contributed by atoms with Crippen molar-refractivity contribution >= 4 is 60.6 Å². The lowest BCUT2D eigenvalue weighted by atomic mass is 10.1. The number of para-hydroxylation sites is 1. The molecule has 130 valence electrons. The maximum absolute atomic E-state index is 6.24. The zero-order valence-corrected chi connectivity index (χ0v) is 17.1. The molecule has 0 aliphatic carbocycles. The normalized spacial score (nSPS) is 11.0. The van der Waals surface area contributed by atoms with Gasteiger partial charge in [-0.3, -0.25) is 0 Å². The van der Waals surface area contributed by atoms with Crippen molar-refractivity contribution in [2.75, 3.05) is 11.4 Å². The van der Waals surface area contributed by atoms with Crippen LogP contribution in [-0.2, 0) is 0 Å². The lowest BCUT2D eigenvalue weighted by molar-refractivity contribution is 0.991. The van der Waals surface area contributed by atoms with Gasteiger partial charge in [0.15, 0.2) is 0 Å². The molecule has 6 heteroatoms. The summed E-state index contributed by atoms with van der Waals surface area (Å²) in [7, 11) is 0. The van der Waals surface area contributed by atoms with Crippen molar-refractivity contribution in [2.45, 2.75) is 6.92 Å². The average Bonchev–Trinajstić information content (AvgIpc) is 3.07. The Bertz CT molecular complexity index is 1050. The first-order chi connectivity index (χ1) is 12.7. The first kappa shape index (κ1) is 17.5. The smallest absolute Gasteiger partial charge is 0.225 e. The van der Waals surface area contributed by atoms with Crippen molar-refractivity contribution in [1.82, 2.24) is 9.97 Å². The van der Waals surface area contributed by atoms with Gasteiger partial charge in [0.05, 0.1) is 5.39 Å². The van der Waals surface area contributed by atoms with Gasteiger partial charge in [0, 0.05) is 27.6 Å². The Labute approximate surface area is 169 Å². The molecule has 0 bridgehead atoms. The van der Waals surface area contributed by atoms with Crippen LogP contribution >= 0.6 is 38.9 Å². The third-order valence-corrected chi connectivity index (χ3v) is 5.75. The minimum absolute atomic E-state index is 0.270. The van der Waals surface area contributed by atoms with E-state index in [-0.39, 0.29) is 5.28 Å². The molecule has 0 aliphatic rings. The fraction of sp³-hybridized carbons (Fsp3) is 0.100. The third kappa shape index (κ3) is 3.22. The standard InChI is InChI=1S/C20H15BrClN3S/c1-2-25(15-6-4-3-5-7-15)18-17-16(13-8-10-14(21)11-9-13)12-26-19(17)24-20(22)23-18/h3-12H,2H2,1H3. The second kappa shape index (κ2) is 7.35. The van der Waals surface area contributed by atoms with Crippen LogP contribution in [0.2, 0.25) is 5.28 Å². The fourth-order valence-corrected chi connectivity index (χ4v) is 4.42. The van der Waals surface area contributed by atoms with Crippen molar-refractivity contribution in [1.29, 1.82) is 0 Å². The number of anilines is 2. The molecule has 0 radical (unpaired) electrons. The lowest BCUT2D eigenvalue weighted by Crippen LogP contribution is -2.18. The van der Waals surface area contributed by atoms with E-state index in [9.17, 15) is 0 Å². The van der Waals surface area contributed by atoms with Gasteiger partial charge in [-0.25, -0.2) is 4.98 Å². The van der Waals surface area contributed by atoms with E-state index in [0.29, 0.717) is 0 Å². The van der Waals surface area contributed by atoms with E-state index in [2.05, 4.69) is 67.4 Å². The van der Waals surface area contributed by atoms with Gasteiger partial charge in [0.2, 0.25) is 5.28 Å². The van der Waals surface area contributed by atoms with Crippen molar-refractivity contribution in [2.24, 2.45) is 0 Å². The molecule has 0 N–H and O–H groups in total. The minimum atomic E-state index is 0.270. The van der Waals surface area contributed by atoms with E-state index in [1.807, 2.05) is 30.3 Å². The summed E-state index contributed by atoms with van der Waals surface area (Å²) in [6.45, 7) is 2.89. The molecule has 2 aromatic heterocycles. The second-order valence-corrected chi connectivity index (χ2v) is 7.84. The van der Waals surface area contributed by atoms with Crippen LogP contribution in [0.4, 0.5) is 11.5 Å². The van der Waals surface area contributed by atoms with Crippen LogP contribution in [0.5, 0.6) is 0 Å². The fourth-order valence-electron chi connectivity index (χ4n) is 3.00. The molecule has 0 atom stereocenters. The predicted molar refractivity (Wildman–Crippen MR) is 115 cm³/mol. The summed E-state index contributed by atoms with van der Waals surface area (Å²) in [6.07, 6.45) is 0. The molecule has 2 aromatic carbocycles. The number of fused-ring (bicyclic) bond motifs is 1. The Morgan fingerprint density at radius 1 is 1.04 bits per heavy atom. The molecule has 0 spiro atoms. The summed E-state index contributed by atoms with van der Waals surface area (Å²) in [4.78, 5) is 12.1. The van der Waals surface area contributed by atoms with Crippen LogP contribution in [-0.4, -0.2) is 16.5 Å². The zero-order chi connectivity index (χ0) is 18.1. The van der Waals surface area contributed by atoms with Crippen LogP contribution in [0.3, 0.4) is 0 Å². The van der Waals surface area contributed by atoms with Crippen LogP contribution in [0.15, 0.2) is 64.5 Å². The lowest BCUT2D eigenvalue weighted by Gasteiger charge is -2.23. The first-order valence-electron chi connectivity index (χ1n) is 8.20. The van der Waals surface area contributed by atoms with Crippen molar-refractivity contribution < 1.29 is 0 Å². The van der Waals surface area contributed by atoms with Gasteiger partial charge in [-0.1, -0.05) is 46.3 Å². The van der Waals surface area contributed by atoms with E-state index >= 15 is 0 Å². The number of thiophene rings is 1. The maximum Gasteiger partial charge on any atom is 0.225 e. The highest BCUT2D eigenvalue weighted by atomic mass is 79.9. The summed E-state index contributed by atoms with van der Waals surface area (Å²) in [5.41, 5.74) is 3.34. The van der Waals surface area contributed by atoms with E-state index in [4.69, 9.17) is 11.6 Å². The largest absolute Gasteiger partial charge is 0.326 e. The van der Waals surface area contributed by atoms with E-state index < -0.39 is 0 Å². The third-order valence-electron chi connectivity index (χ3n) is 4.18. The summed E-state index contributed by atoms with van der Waals surface area (Å²) in [5, 5.41) is 3.43. The highest BCUT2D eigenvalue weighted by Gasteiger charge is 2.19. The SMILES string of the molecule is CCN(c1ccccc1)c1nc(Cl)nc2scc(-c3ccc(Br)cc3)c12. The van der Waals surface area contributed by atoms with Crippen molar-refractivity contribution in [3.8, 4) is 11.1 Å². The van der Waals surface area contributed by atoms with E-state index in [1.165, 1.54) is 0 Å². The molecule has 0 saturated heterocycles. The number of nitrogens with zero attached hydrogens (tertiary/aromatic N) is 3. The number of hydrogen-bond donors (Lipinski definition) is 0. The summed E-state index contributed by atoms with van der Waals surface area (Å²) in [5.74, 6) is 0.841. The zero-order valence-electron chi connectivity index (χ0n) is 14.0.